The Kier molecular flexibility index (Phi) is 3.40. The Morgan fingerprint density at radius 3 is 2.47 bits per heavy atom. The van der Waals surface area contributed by atoms with Crippen LogP contribution in [0.25, 0.3) is 0 Å². The fraction of sp³-hybridized carbons (Fsp3) is 0.889. The zero-order chi connectivity index (χ0) is 11.7. The molecule has 1 saturated heterocycles. The van der Waals surface area contributed by atoms with Crippen LogP contribution >= 0.6 is 0 Å². The molecule has 0 bridgehead atoms. The van der Waals surface area contributed by atoms with E-state index in [0.717, 1.165) is 0 Å². The van der Waals surface area contributed by atoms with E-state index in [1.54, 1.807) is 0 Å². The van der Waals surface area contributed by atoms with Gasteiger partial charge in [-0.15, -0.1) is 0 Å². The molecule has 1 atom stereocenters. The summed E-state index contributed by atoms with van der Waals surface area (Å²) >= 11 is 0. The fourth-order valence-electron chi connectivity index (χ4n) is 2.01. The average Bonchev–Trinajstić information content (AvgIpc) is 1.99. The number of carbonyl (C=O) groups is 1. The molecule has 0 aromatic carbocycles. The number of sulfone groups is 1. The van der Waals surface area contributed by atoms with Crippen LogP contribution in [0.5, 0.6) is 0 Å². The van der Waals surface area contributed by atoms with E-state index in [4.69, 9.17) is 5.11 Å². The first-order valence-corrected chi connectivity index (χ1v) is 6.81. The summed E-state index contributed by atoms with van der Waals surface area (Å²) in [5.41, 5.74) is -1.29. The number of hydrogen-bond donors (Lipinski definition) is 2. The van der Waals surface area contributed by atoms with E-state index in [2.05, 4.69) is 5.32 Å². The van der Waals surface area contributed by atoms with Crippen LogP contribution in [0.2, 0.25) is 0 Å². The van der Waals surface area contributed by atoms with Crippen molar-refractivity contribution in [3.05, 3.63) is 0 Å². The van der Waals surface area contributed by atoms with Gasteiger partial charge in [0.25, 0.3) is 0 Å². The summed E-state index contributed by atoms with van der Waals surface area (Å²) in [5, 5.41) is 12.0. The minimum atomic E-state index is -3.22. The molecule has 6 heteroatoms. The summed E-state index contributed by atoms with van der Waals surface area (Å²) in [4.78, 5) is 11.2. The molecule has 0 aromatic rings. The van der Waals surface area contributed by atoms with Crippen LogP contribution in [0.15, 0.2) is 0 Å². The molecular weight excluding hydrogens is 218 g/mol. The van der Waals surface area contributed by atoms with E-state index in [1.165, 1.54) is 0 Å². The molecule has 1 heterocycles. The molecule has 5 nitrogen and oxygen atoms in total. The molecule has 0 amide bonds. The second kappa shape index (κ2) is 4.09. The van der Waals surface area contributed by atoms with Gasteiger partial charge in [-0.25, -0.2) is 8.42 Å². The molecular formula is C9H17NO4S. The maximum Gasteiger partial charge on any atom is 0.324 e. The lowest BCUT2D eigenvalue weighted by molar-refractivity contribution is -0.144. The summed E-state index contributed by atoms with van der Waals surface area (Å²) in [6.07, 6.45) is 0.786. The Hall–Kier alpha value is -0.620. The Balaban J connectivity index is 2.96. The first kappa shape index (κ1) is 12.4. The largest absolute Gasteiger partial charge is 0.480 e. The van der Waals surface area contributed by atoms with Gasteiger partial charge in [0.1, 0.15) is 5.54 Å². The fourth-order valence-corrected chi connectivity index (χ4v) is 3.84. The molecule has 0 spiro atoms. The maximum absolute atomic E-state index is 11.4. The number of rotatable bonds is 3. The molecule has 2 N–H and O–H groups in total. The highest BCUT2D eigenvalue weighted by Crippen LogP contribution is 2.24. The lowest BCUT2D eigenvalue weighted by Gasteiger charge is -2.35. The van der Waals surface area contributed by atoms with E-state index in [0.29, 0.717) is 12.8 Å². The Bertz CT molecular complexity index is 349. The lowest BCUT2D eigenvalue weighted by atomic mass is 9.94. The van der Waals surface area contributed by atoms with Gasteiger partial charge in [0.15, 0.2) is 9.84 Å². The van der Waals surface area contributed by atoms with Gasteiger partial charge in [0.05, 0.1) is 11.5 Å². The van der Waals surface area contributed by atoms with Crippen molar-refractivity contribution >= 4 is 15.8 Å². The van der Waals surface area contributed by atoms with Crippen molar-refractivity contribution in [3.8, 4) is 0 Å². The van der Waals surface area contributed by atoms with Crippen molar-refractivity contribution in [2.24, 2.45) is 0 Å². The van der Waals surface area contributed by atoms with Gasteiger partial charge in [0, 0.05) is 6.04 Å². The van der Waals surface area contributed by atoms with Gasteiger partial charge < -0.3 is 5.11 Å². The maximum atomic E-state index is 11.4. The minimum absolute atomic E-state index is 0.0469. The molecule has 1 fully saturated rings. The lowest BCUT2D eigenvalue weighted by Crippen LogP contribution is -2.61. The summed E-state index contributed by atoms with van der Waals surface area (Å²) in [6, 6.07) is -0.0469. The SMILES string of the molecule is CC(C)NC1(C(=O)O)CCCS(=O)(=O)C1. The third-order valence-electron chi connectivity index (χ3n) is 2.50. The summed E-state index contributed by atoms with van der Waals surface area (Å²) in [5.74, 6) is -1.27. The van der Waals surface area contributed by atoms with Crippen LogP contribution in [-0.2, 0) is 14.6 Å². The Morgan fingerprint density at radius 2 is 2.07 bits per heavy atom. The highest BCUT2D eigenvalue weighted by atomic mass is 32.2. The summed E-state index contributed by atoms with van der Waals surface area (Å²) in [6.45, 7) is 3.62. The topological polar surface area (TPSA) is 83.5 Å². The molecule has 1 rings (SSSR count). The van der Waals surface area contributed by atoms with Gasteiger partial charge in [-0.05, 0) is 26.7 Å². The summed E-state index contributed by atoms with van der Waals surface area (Å²) < 4.78 is 22.9. The minimum Gasteiger partial charge on any atom is -0.480 e. The van der Waals surface area contributed by atoms with E-state index in [-0.39, 0.29) is 17.5 Å². The van der Waals surface area contributed by atoms with Crippen LogP contribution < -0.4 is 5.32 Å². The summed E-state index contributed by atoms with van der Waals surface area (Å²) in [7, 11) is -3.22. The zero-order valence-electron chi connectivity index (χ0n) is 8.99. The van der Waals surface area contributed by atoms with Gasteiger partial charge >= 0.3 is 5.97 Å². The van der Waals surface area contributed by atoms with Crippen molar-refractivity contribution in [1.82, 2.24) is 5.32 Å². The van der Waals surface area contributed by atoms with Gasteiger partial charge in [-0.1, -0.05) is 0 Å². The molecule has 88 valence electrons. The third kappa shape index (κ3) is 2.92. The van der Waals surface area contributed by atoms with Crippen LogP contribution in [0.1, 0.15) is 26.7 Å². The molecule has 0 aliphatic carbocycles. The van der Waals surface area contributed by atoms with E-state index in [1.807, 2.05) is 13.8 Å². The molecule has 1 unspecified atom stereocenters. The average molecular weight is 235 g/mol. The Morgan fingerprint density at radius 1 is 1.47 bits per heavy atom. The van der Waals surface area contributed by atoms with E-state index in [9.17, 15) is 13.2 Å². The molecule has 1 aliphatic rings. The molecule has 0 aromatic heterocycles. The van der Waals surface area contributed by atoms with Crippen molar-refractivity contribution in [1.29, 1.82) is 0 Å². The van der Waals surface area contributed by atoms with Crippen molar-refractivity contribution < 1.29 is 18.3 Å². The molecule has 0 radical (unpaired) electrons. The first-order chi connectivity index (χ1) is 6.77. The molecule has 15 heavy (non-hydrogen) atoms. The van der Waals surface area contributed by atoms with Crippen molar-refractivity contribution in [2.45, 2.75) is 38.3 Å². The number of carboxylic acids is 1. The van der Waals surface area contributed by atoms with Gasteiger partial charge in [-0.2, -0.15) is 0 Å². The highest BCUT2D eigenvalue weighted by molar-refractivity contribution is 7.91. The molecule has 1 aliphatic heterocycles. The van der Waals surface area contributed by atoms with Crippen LogP contribution in [0.4, 0.5) is 0 Å². The predicted octanol–water partition coefficient (Wildman–Crippen LogP) is 0.0164. The van der Waals surface area contributed by atoms with Crippen molar-refractivity contribution in [2.75, 3.05) is 11.5 Å². The second-order valence-corrected chi connectivity index (χ2v) is 6.57. The quantitative estimate of drug-likeness (QED) is 0.720. The predicted molar refractivity (Wildman–Crippen MR) is 56.5 cm³/mol. The monoisotopic (exact) mass is 235 g/mol. The van der Waals surface area contributed by atoms with Crippen LogP contribution in [0, 0.1) is 0 Å². The standard InChI is InChI=1S/C9H17NO4S/c1-7(2)10-9(8(11)12)4-3-5-15(13,14)6-9/h7,10H,3-6H2,1-2H3,(H,11,12). The van der Waals surface area contributed by atoms with Crippen molar-refractivity contribution in [3.63, 3.8) is 0 Å². The van der Waals surface area contributed by atoms with Gasteiger partial charge in [0.2, 0.25) is 0 Å². The third-order valence-corrected chi connectivity index (χ3v) is 4.34. The van der Waals surface area contributed by atoms with Gasteiger partial charge in [-0.3, -0.25) is 10.1 Å². The normalized spacial score (nSPS) is 30.3. The zero-order valence-corrected chi connectivity index (χ0v) is 9.80. The first-order valence-electron chi connectivity index (χ1n) is 4.99. The van der Waals surface area contributed by atoms with Crippen LogP contribution in [0.3, 0.4) is 0 Å². The second-order valence-electron chi connectivity index (χ2n) is 4.38. The Labute approximate surface area is 89.8 Å². The van der Waals surface area contributed by atoms with E-state index >= 15 is 0 Å². The molecule has 0 saturated carbocycles. The smallest absolute Gasteiger partial charge is 0.324 e. The number of aliphatic carboxylic acids is 1. The highest BCUT2D eigenvalue weighted by Gasteiger charge is 2.45. The number of nitrogens with one attached hydrogen (secondary N) is 1. The number of hydrogen-bond acceptors (Lipinski definition) is 4. The number of carboxylic acid groups (broad SMARTS) is 1. The van der Waals surface area contributed by atoms with E-state index < -0.39 is 21.3 Å². The van der Waals surface area contributed by atoms with Crippen LogP contribution in [-0.4, -0.2) is 42.6 Å².